The molecule has 0 saturated heterocycles. The van der Waals surface area contributed by atoms with E-state index in [1.807, 2.05) is 0 Å². The molecule has 0 saturated carbocycles. The molecule has 0 unspecified atom stereocenters. The van der Waals surface area contributed by atoms with E-state index in [0.29, 0.717) is 12.2 Å². The van der Waals surface area contributed by atoms with Crippen molar-refractivity contribution in [2.24, 2.45) is 0 Å². The van der Waals surface area contributed by atoms with Crippen molar-refractivity contribution in [1.29, 1.82) is 0 Å². The van der Waals surface area contributed by atoms with Gasteiger partial charge in [0.2, 0.25) is 0 Å². The van der Waals surface area contributed by atoms with Gasteiger partial charge in [-0.2, -0.15) is 0 Å². The van der Waals surface area contributed by atoms with Crippen molar-refractivity contribution in [2.75, 3.05) is 5.32 Å². The molecule has 0 aliphatic carbocycles. The molecule has 0 aliphatic heterocycles. The van der Waals surface area contributed by atoms with Crippen molar-refractivity contribution in [3.8, 4) is 0 Å². The summed E-state index contributed by atoms with van der Waals surface area (Å²) >= 11 is 1.68. The van der Waals surface area contributed by atoms with Gasteiger partial charge >= 0.3 is 0 Å². The number of hydrogen-bond donors (Lipinski definition) is 1. The second-order valence-corrected chi connectivity index (χ2v) is 4.85. The molecule has 5 heteroatoms. The molecule has 2 aromatic rings. The van der Waals surface area contributed by atoms with E-state index >= 15 is 0 Å². The standard InChI is InChI=1S/C13H14N2O2S/c1-2-10-7-8-18-13(10)9-14-11-5-3-4-6-12(11)15(16)17/h3-8,14H,2,9H2,1H3. The second-order valence-electron chi connectivity index (χ2n) is 3.85. The zero-order chi connectivity index (χ0) is 13.0. The highest BCUT2D eigenvalue weighted by molar-refractivity contribution is 7.10. The molecule has 0 fully saturated rings. The van der Waals surface area contributed by atoms with E-state index in [9.17, 15) is 10.1 Å². The molecule has 1 aromatic carbocycles. The van der Waals surface area contributed by atoms with Crippen molar-refractivity contribution in [1.82, 2.24) is 0 Å². The normalized spacial score (nSPS) is 10.3. The number of anilines is 1. The lowest BCUT2D eigenvalue weighted by Gasteiger charge is -2.07. The molecule has 0 spiro atoms. The highest BCUT2D eigenvalue weighted by Gasteiger charge is 2.12. The van der Waals surface area contributed by atoms with E-state index in [2.05, 4.69) is 23.7 Å². The molecule has 0 aliphatic rings. The van der Waals surface area contributed by atoms with Crippen LogP contribution in [-0.4, -0.2) is 4.92 Å². The van der Waals surface area contributed by atoms with E-state index in [0.717, 1.165) is 6.42 Å². The van der Waals surface area contributed by atoms with Crippen LogP contribution in [0.15, 0.2) is 35.7 Å². The van der Waals surface area contributed by atoms with Crippen LogP contribution in [0.25, 0.3) is 0 Å². The minimum atomic E-state index is -0.364. The van der Waals surface area contributed by atoms with Gasteiger partial charge in [0.25, 0.3) is 5.69 Å². The summed E-state index contributed by atoms with van der Waals surface area (Å²) in [7, 11) is 0. The average molecular weight is 262 g/mol. The zero-order valence-corrected chi connectivity index (χ0v) is 10.9. The Hall–Kier alpha value is -1.88. The third-order valence-corrected chi connectivity index (χ3v) is 3.72. The number of aryl methyl sites for hydroxylation is 1. The molecule has 94 valence electrons. The van der Waals surface area contributed by atoms with Gasteiger partial charge in [-0.3, -0.25) is 10.1 Å². The SMILES string of the molecule is CCc1ccsc1CNc1ccccc1[N+](=O)[O-]. The van der Waals surface area contributed by atoms with Gasteiger partial charge in [0.05, 0.1) is 4.92 Å². The third-order valence-electron chi connectivity index (χ3n) is 2.76. The summed E-state index contributed by atoms with van der Waals surface area (Å²) in [4.78, 5) is 11.7. The topological polar surface area (TPSA) is 55.2 Å². The average Bonchev–Trinajstić information content (AvgIpc) is 2.84. The Morgan fingerprint density at radius 2 is 2.11 bits per heavy atom. The maximum absolute atomic E-state index is 10.9. The summed E-state index contributed by atoms with van der Waals surface area (Å²) in [5.41, 5.74) is 1.98. The molecular formula is C13H14N2O2S. The van der Waals surface area contributed by atoms with Crippen LogP contribution in [0.2, 0.25) is 0 Å². The first-order valence-corrected chi connectivity index (χ1v) is 6.63. The predicted octanol–water partition coefficient (Wildman–Crippen LogP) is 3.83. The van der Waals surface area contributed by atoms with Gasteiger partial charge in [-0.05, 0) is 29.5 Å². The van der Waals surface area contributed by atoms with Crippen LogP contribution in [0.4, 0.5) is 11.4 Å². The highest BCUT2D eigenvalue weighted by Crippen LogP contribution is 2.25. The van der Waals surface area contributed by atoms with Gasteiger partial charge in [0, 0.05) is 17.5 Å². The number of benzene rings is 1. The molecule has 0 radical (unpaired) electrons. The summed E-state index contributed by atoms with van der Waals surface area (Å²) in [6.45, 7) is 2.74. The number of nitro groups is 1. The van der Waals surface area contributed by atoms with Crippen molar-refractivity contribution < 1.29 is 4.92 Å². The summed E-state index contributed by atoms with van der Waals surface area (Å²) < 4.78 is 0. The lowest BCUT2D eigenvalue weighted by atomic mass is 10.2. The number of para-hydroxylation sites is 2. The van der Waals surface area contributed by atoms with Crippen molar-refractivity contribution >= 4 is 22.7 Å². The Morgan fingerprint density at radius 3 is 2.83 bits per heavy atom. The van der Waals surface area contributed by atoms with Crippen molar-refractivity contribution in [2.45, 2.75) is 19.9 Å². The van der Waals surface area contributed by atoms with E-state index in [1.165, 1.54) is 16.5 Å². The largest absolute Gasteiger partial charge is 0.375 e. The Balaban J connectivity index is 2.13. The van der Waals surface area contributed by atoms with Gasteiger partial charge in [-0.1, -0.05) is 19.1 Å². The summed E-state index contributed by atoms with van der Waals surface area (Å²) in [6.07, 6.45) is 0.984. The Morgan fingerprint density at radius 1 is 1.33 bits per heavy atom. The molecule has 1 aromatic heterocycles. The number of thiophene rings is 1. The summed E-state index contributed by atoms with van der Waals surface area (Å²) in [5, 5.41) is 16.1. The van der Waals surface area contributed by atoms with Crippen LogP contribution >= 0.6 is 11.3 Å². The molecule has 18 heavy (non-hydrogen) atoms. The van der Waals surface area contributed by atoms with Crippen LogP contribution < -0.4 is 5.32 Å². The molecule has 4 nitrogen and oxygen atoms in total. The molecule has 0 atom stereocenters. The number of nitrogens with one attached hydrogen (secondary N) is 1. The molecule has 0 amide bonds. The molecule has 0 bridgehead atoms. The zero-order valence-electron chi connectivity index (χ0n) is 10.1. The quantitative estimate of drug-likeness (QED) is 0.658. The number of rotatable bonds is 5. The van der Waals surface area contributed by atoms with E-state index in [-0.39, 0.29) is 10.6 Å². The van der Waals surface area contributed by atoms with Crippen LogP contribution in [0.5, 0.6) is 0 Å². The molecule has 1 N–H and O–H groups in total. The lowest BCUT2D eigenvalue weighted by Crippen LogP contribution is -2.02. The summed E-state index contributed by atoms with van der Waals surface area (Å²) in [6, 6.07) is 8.81. The monoisotopic (exact) mass is 262 g/mol. The first-order chi connectivity index (χ1) is 8.72. The van der Waals surface area contributed by atoms with Crippen LogP contribution in [-0.2, 0) is 13.0 Å². The Kier molecular flexibility index (Phi) is 3.94. The van der Waals surface area contributed by atoms with Gasteiger partial charge < -0.3 is 5.32 Å². The lowest BCUT2D eigenvalue weighted by molar-refractivity contribution is -0.384. The van der Waals surface area contributed by atoms with Gasteiger partial charge in [0.1, 0.15) is 5.69 Å². The van der Waals surface area contributed by atoms with E-state index < -0.39 is 0 Å². The fourth-order valence-electron chi connectivity index (χ4n) is 1.79. The minimum Gasteiger partial charge on any atom is -0.375 e. The van der Waals surface area contributed by atoms with Crippen LogP contribution in [0.3, 0.4) is 0 Å². The number of nitro benzene ring substituents is 1. The Labute approximate surface area is 109 Å². The van der Waals surface area contributed by atoms with Gasteiger partial charge in [0.15, 0.2) is 0 Å². The minimum absolute atomic E-state index is 0.118. The number of nitrogens with zero attached hydrogens (tertiary/aromatic N) is 1. The van der Waals surface area contributed by atoms with Gasteiger partial charge in [-0.15, -0.1) is 11.3 Å². The van der Waals surface area contributed by atoms with Crippen molar-refractivity contribution in [3.05, 3.63) is 56.3 Å². The third kappa shape index (κ3) is 2.68. The second kappa shape index (κ2) is 5.64. The first-order valence-electron chi connectivity index (χ1n) is 5.75. The predicted molar refractivity (Wildman–Crippen MR) is 74.1 cm³/mol. The van der Waals surface area contributed by atoms with Gasteiger partial charge in [-0.25, -0.2) is 0 Å². The highest BCUT2D eigenvalue weighted by atomic mass is 32.1. The van der Waals surface area contributed by atoms with Crippen LogP contribution in [0.1, 0.15) is 17.4 Å². The fraction of sp³-hybridized carbons (Fsp3) is 0.231. The van der Waals surface area contributed by atoms with E-state index in [4.69, 9.17) is 0 Å². The maximum atomic E-state index is 10.9. The number of hydrogen-bond acceptors (Lipinski definition) is 4. The molecule has 1 heterocycles. The van der Waals surface area contributed by atoms with Crippen LogP contribution in [0, 0.1) is 10.1 Å². The fourth-order valence-corrected chi connectivity index (χ4v) is 2.71. The maximum Gasteiger partial charge on any atom is 0.292 e. The smallest absolute Gasteiger partial charge is 0.292 e. The first kappa shape index (κ1) is 12.6. The van der Waals surface area contributed by atoms with Crippen molar-refractivity contribution in [3.63, 3.8) is 0 Å². The molecular weight excluding hydrogens is 248 g/mol. The van der Waals surface area contributed by atoms with E-state index in [1.54, 1.807) is 29.5 Å². The molecule has 2 rings (SSSR count). The summed E-state index contributed by atoms with van der Waals surface area (Å²) in [5.74, 6) is 0. The Bertz CT molecular complexity index is 551.